The largest absolute Gasteiger partial charge is 0.497 e. The van der Waals surface area contributed by atoms with Crippen LogP contribution in [0.1, 0.15) is 11.6 Å². The first-order valence-electron chi connectivity index (χ1n) is 12.5. The lowest BCUT2D eigenvalue weighted by atomic mass is 10.0. The molecule has 10 heteroatoms. The molecule has 1 aliphatic rings. The van der Waals surface area contributed by atoms with Crippen molar-refractivity contribution in [2.24, 2.45) is 0 Å². The van der Waals surface area contributed by atoms with E-state index in [1.54, 1.807) is 24.3 Å². The third-order valence-corrected chi connectivity index (χ3v) is 8.33. The molecule has 0 radical (unpaired) electrons. The first-order valence-corrected chi connectivity index (χ1v) is 13.9. The molecule has 4 rings (SSSR count). The summed E-state index contributed by atoms with van der Waals surface area (Å²) < 4.78 is 53.4. The molecule has 0 aliphatic carbocycles. The van der Waals surface area contributed by atoms with Gasteiger partial charge in [-0.2, -0.15) is 0 Å². The van der Waals surface area contributed by atoms with Gasteiger partial charge in [-0.1, -0.05) is 12.1 Å². The van der Waals surface area contributed by atoms with E-state index in [9.17, 15) is 12.8 Å². The molecule has 1 heterocycles. The Labute approximate surface area is 224 Å². The molecule has 0 amide bonds. The van der Waals surface area contributed by atoms with Crippen molar-refractivity contribution in [2.75, 3.05) is 70.8 Å². The highest BCUT2D eigenvalue weighted by Gasteiger charge is 2.28. The molecule has 38 heavy (non-hydrogen) atoms. The van der Waals surface area contributed by atoms with Crippen molar-refractivity contribution in [1.29, 1.82) is 0 Å². The number of hydrogen-bond donors (Lipinski definition) is 1. The van der Waals surface area contributed by atoms with Crippen LogP contribution in [0.25, 0.3) is 0 Å². The molecule has 8 nitrogen and oxygen atoms in total. The summed E-state index contributed by atoms with van der Waals surface area (Å²) in [5.74, 6) is 0.477. The fourth-order valence-corrected chi connectivity index (χ4v) is 5.85. The number of methoxy groups -OCH3 is 2. The fourth-order valence-electron chi connectivity index (χ4n) is 4.66. The number of ether oxygens (including phenoxy) is 2. The molecular weight excluding hydrogens is 507 g/mol. The van der Waals surface area contributed by atoms with Gasteiger partial charge < -0.3 is 19.3 Å². The van der Waals surface area contributed by atoms with E-state index in [-0.39, 0.29) is 29.0 Å². The Balaban J connectivity index is 1.54. The molecule has 1 N–H and O–H groups in total. The lowest BCUT2D eigenvalue weighted by Crippen LogP contribution is -2.50. The van der Waals surface area contributed by atoms with Gasteiger partial charge in [0.2, 0.25) is 10.0 Å². The first kappa shape index (κ1) is 27.7. The third kappa shape index (κ3) is 6.38. The van der Waals surface area contributed by atoms with E-state index in [1.807, 2.05) is 31.1 Å². The molecule has 0 aromatic heterocycles. The van der Waals surface area contributed by atoms with E-state index in [1.165, 1.54) is 32.4 Å². The van der Waals surface area contributed by atoms with E-state index in [4.69, 9.17) is 9.47 Å². The predicted molar refractivity (Wildman–Crippen MR) is 148 cm³/mol. The second-order valence-electron chi connectivity index (χ2n) is 9.37. The quantitative estimate of drug-likeness (QED) is 0.418. The maximum Gasteiger partial charge on any atom is 0.244 e. The monoisotopic (exact) mass is 542 g/mol. The summed E-state index contributed by atoms with van der Waals surface area (Å²) in [4.78, 5) is 6.59. The molecule has 3 aromatic rings. The summed E-state index contributed by atoms with van der Waals surface area (Å²) in [5.41, 5.74) is 3.07. The van der Waals surface area contributed by atoms with Gasteiger partial charge in [-0.25, -0.2) is 17.5 Å². The van der Waals surface area contributed by atoms with Crippen LogP contribution in [0.5, 0.6) is 11.5 Å². The molecule has 1 fully saturated rings. The summed E-state index contributed by atoms with van der Waals surface area (Å²) in [7, 11) is 3.06. The molecule has 0 bridgehead atoms. The van der Waals surface area contributed by atoms with Gasteiger partial charge in [-0.05, 0) is 54.1 Å². The van der Waals surface area contributed by atoms with Crippen LogP contribution >= 0.6 is 0 Å². The molecule has 1 unspecified atom stereocenters. The zero-order valence-electron chi connectivity index (χ0n) is 22.2. The number of nitrogens with zero attached hydrogens (tertiary/aromatic N) is 3. The predicted octanol–water partition coefficient (Wildman–Crippen LogP) is 3.75. The molecule has 204 valence electrons. The lowest BCUT2D eigenvalue weighted by molar-refractivity contribution is 0.187. The number of piperazine rings is 1. The number of sulfonamides is 1. The average molecular weight is 543 g/mol. The van der Waals surface area contributed by atoms with Gasteiger partial charge in [0.15, 0.2) is 0 Å². The van der Waals surface area contributed by atoms with Gasteiger partial charge in [0.1, 0.15) is 22.2 Å². The zero-order valence-corrected chi connectivity index (χ0v) is 23.0. The number of nitrogens with one attached hydrogen (secondary N) is 1. The van der Waals surface area contributed by atoms with Crippen molar-refractivity contribution in [3.63, 3.8) is 0 Å². The van der Waals surface area contributed by atoms with Crippen molar-refractivity contribution in [3.05, 3.63) is 78.1 Å². The highest BCUT2D eigenvalue weighted by atomic mass is 32.2. The van der Waals surface area contributed by atoms with E-state index >= 15 is 0 Å². The minimum absolute atomic E-state index is 0.0589. The summed E-state index contributed by atoms with van der Waals surface area (Å²) in [6.07, 6.45) is 0. The van der Waals surface area contributed by atoms with Crippen LogP contribution in [0, 0.1) is 5.82 Å². The third-order valence-electron chi connectivity index (χ3n) is 6.87. The molecule has 0 spiro atoms. The number of anilines is 2. The Morgan fingerprint density at radius 1 is 0.921 bits per heavy atom. The molecular formula is C28H35FN4O4S. The minimum Gasteiger partial charge on any atom is -0.497 e. The summed E-state index contributed by atoms with van der Waals surface area (Å²) >= 11 is 0. The highest BCUT2D eigenvalue weighted by molar-refractivity contribution is 7.89. The highest BCUT2D eigenvalue weighted by Crippen LogP contribution is 2.30. The van der Waals surface area contributed by atoms with Crippen molar-refractivity contribution >= 4 is 21.4 Å². The molecule has 1 aliphatic heterocycles. The Bertz CT molecular complexity index is 1310. The van der Waals surface area contributed by atoms with Crippen LogP contribution < -0.4 is 24.0 Å². The molecule has 0 saturated carbocycles. The van der Waals surface area contributed by atoms with Crippen LogP contribution in [0.2, 0.25) is 0 Å². The second kappa shape index (κ2) is 12.0. The van der Waals surface area contributed by atoms with Gasteiger partial charge in [-0.3, -0.25) is 4.90 Å². The van der Waals surface area contributed by atoms with Crippen molar-refractivity contribution in [3.8, 4) is 11.5 Å². The lowest BCUT2D eigenvalue weighted by Gasteiger charge is -2.40. The number of rotatable bonds is 10. The van der Waals surface area contributed by atoms with Crippen LogP contribution in [-0.2, 0) is 10.0 Å². The second-order valence-corrected chi connectivity index (χ2v) is 11.1. The van der Waals surface area contributed by atoms with Crippen molar-refractivity contribution in [1.82, 2.24) is 9.62 Å². The van der Waals surface area contributed by atoms with Gasteiger partial charge >= 0.3 is 0 Å². The van der Waals surface area contributed by atoms with Gasteiger partial charge in [0.25, 0.3) is 0 Å². The van der Waals surface area contributed by atoms with Gasteiger partial charge in [-0.15, -0.1) is 0 Å². The standard InChI is InChI=1S/C28H35FN4O4S/c1-31(2)23-9-5-21(6-10-23)26(33-17-15-32(16-18-33)24-11-7-22(29)8-12-24)20-30-38(34,35)28-14-13-25(36-3)19-27(28)37-4/h5-14,19,26,30H,15-18,20H2,1-4H3. The summed E-state index contributed by atoms with van der Waals surface area (Å²) in [5, 5.41) is 0. The average Bonchev–Trinajstić information content (AvgIpc) is 2.93. The zero-order chi connectivity index (χ0) is 27.3. The minimum atomic E-state index is -3.86. The fraction of sp³-hybridized carbons (Fsp3) is 0.357. The van der Waals surface area contributed by atoms with Gasteiger partial charge in [0.05, 0.1) is 14.2 Å². The SMILES string of the molecule is COc1ccc(S(=O)(=O)NCC(c2ccc(N(C)C)cc2)N2CCN(c3ccc(F)cc3)CC2)c(OC)c1. The van der Waals surface area contributed by atoms with Crippen LogP contribution in [0.4, 0.5) is 15.8 Å². The Hall–Kier alpha value is -3.34. The van der Waals surface area contributed by atoms with Crippen LogP contribution in [0.15, 0.2) is 71.6 Å². The topological polar surface area (TPSA) is 74.4 Å². The Kier molecular flexibility index (Phi) is 8.76. The normalized spacial score (nSPS) is 15.2. The first-order chi connectivity index (χ1) is 18.2. The number of hydrogen-bond acceptors (Lipinski definition) is 7. The van der Waals surface area contributed by atoms with E-state index in [0.717, 1.165) is 43.1 Å². The molecule has 3 aromatic carbocycles. The smallest absolute Gasteiger partial charge is 0.244 e. The Morgan fingerprint density at radius 2 is 1.58 bits per heavy atom. The van der Waals surface area contributed by atoms with Crippen LogP contribution in [-0.4, -0.2) is 74.4 Å². The van der Waals surface area contributed by atoms with Crippen molar-refractivity contribution in [2.45, 2.75) is 10.9 Å². The summed E-state index contributed by atoms with van der Waals surface area (Å²) in [6.45, 7) is 3.14. The molecule has 1 atom stereocenters. The van der Waals surface area contributed by atoms with E-state index in [0.29, 0.717) is 5.75 Å². The number of benzene rings is 3. The Morgan fingerprint density at radius 3 is 2.16 bits per heavy atom. The molecule has 1 saturated heterocycles. The van der Waals surface area contributed by atoms with Crippen LogP contribution in [0.3, 0.4) is 0 Å². The van der Waals surface area contributed by atoms with E-state index in [2.05, 4.69) is 26.7 Å². The maximum atomic E-state index is 13.4. The maximum absolute atomic E-state index is 13.4. The summed E-state index contributed by atoms with van der Waals surface area (Å²) in [6, 6.07) is 19.2. The van der Waals surface area contributed by atoms with Crippen molar-refractivity contribution < 1.29 is 22.3 Å². The van der Waals surface area contributed by atoms with Gasteiger partial charge in [0, 0.05) is 70.3 Å². The number of halogens is 1. The van der Waals surface area contributed by atoms with E-state index < -0.39 is 10.0 Å².